The van der Waals surface area contributed by atoms with E-state index in [1.165, 1.54) is 10.4 Å². The van der Waals surface area contributed by atoms with Gasteiger partial charge < -0.3 is 4.74 Å². The minimum absolute atomic E-state index is 0.859. The number of methoxy groups -OCH3 is 1. The van der Waals surface area contributed by atoms with Crippen LogP contribution in [0.1, 0.15) is 10.4 Å². The normalized spacial score (nSPS) is 10.7. The molecule has 0 radical (unpaired) electrons. The van der Waals surface area contributed by atoms with Crippen molar-refractivity contribution >= 4 is 11.3 Å². The molecule has 2 nitrogen and oxygen atoms in total. The molecule has 3 heteroatoms. The van der Waals surface area contributed by atoms with E-state index in [0.717, 1.165) is 34.0 Å². The standard InChI is InChI=1S/C23H19NOS/c1-25-20-14-12-19(13-15-20)23-24-22(18-10-6-3-7-11-18)21(26-23)16-17-8-4-2-5-9-17/h2-15H,16H2,1H3. The highest BCUT2D eigenvalue weighted by molar-refractivity contribution is 7.15. The van der Waals surface area contributed by atoms with Gasteiger partial charge in [-0.15, -0.1) is 11.3 Å². The summed E-state index contributed by atoms with van der Waals surface area (Å²) in [5, 5.41) is 1.04. The predicted molar refractivity (Wildman–Crippen MR) is 109 cm³/mol. The van der Waals surface area contributed by atoms with Crippen molar-refractivity contribution in [2.45, 2.75) is 6.42 Å². The van der Waals surface area contributed by atoms with Gasteiger partial charge in [0.15, 0.2) is 0 Å². The van der Waals surface area contributed by atoms with Crippen LogP contribution in [0.3, 0.4) is 0 Å². The molecule has 26 heavy (non-hydrogen) atoms. The first kappa shape index (κ1) is 16.6. The van der Waals surface area contributed by atoms with E-state index < -0.39 is 0 Å². The Balaban J connectivity index is 1.76. The fourth-order valence-corrected chi connectivity index (χ4v) is 4.05. The van der Waals surface area contributed by atoms with Crippen LogP contribution in [-0.2, 0) is 6.42 Å². The summed E-state index contributed by atoms with van der Waals surface area (Å²) in [6.07, 6.45) is 0.888. The van der Waals surface area contributed by atoms with Gasteiger partial charge in [-0.1, -0.05) is 60.7 Å². The first-order valence-corrected chi connectivity index (χ1v) is 9.38. The fraction of sp³-hybridized carbons (Fsp3) is 0.0870. The van der Waals surface area contributed by atoms with Crippen LogP contribution in [0.15, 0.2) is 84.9 Å². The molecule has 4 aromatic rings. The van der Waals surface area contributed by atoms with Crippen LogP contribution in [0.2, 0.25) is 0 Å². The number of rotatable bonds is 5. The summed E-state index contributed by atoms with van der Waals surface area (Å²) in [6.45, 7) is 0. The van der Waals surface area contributed by atoms with Crippen molar-refractivity contribution in [2.75, 3.05) is 7.11 Å². The second-order valence-corrected chi connectivity index (χ2v) is 7.13. The van der Waals surface area contributed by atoms with Gasteiger partial charge in [0.05, 0.1) is 12.8 Å². The number of benzene rings is 3. The molecule has 128 valence electrons. The van der Waals surface area contributed by atoms with Crippen molar-refractivity contribution in [1.29, 1.82) is 0 Å². The molecular formula is C23H19NOS. The number of hydrogen-bond acceptors (Lipinski definition) is 3. The topological polar surface area (TPSA) is 22.1 Å². The molecule has 0 aliphatic carbocycles. The highest BCUT2D eigenvalue weighted by Crippen LogP contribution is 2.35. The summed E-state index contributed by atoms with van der Waals surface area (Å²) in [7, 11) is 1.68. The van der Waals surface area contributed by atoms with Crippen molar-refractivity contribution in [2.24, 2.45) is 0 Å². The maximum absolute atomic E-state index is 5.27. The lowest BCUT2D eigenvalue weighted by atomic mass is 10.1. The average molecular weight is 357 g/mol. The van der Waals surface area contributed by atoms with Crippen LogP contribution in [0.25, 0.3) is 21.8 Å². The van der Waals surface area contributed by atoms with E-state index in [4.69, 9.17) is 9.72 Å². The largest absolute Gasteiger partial charge is 0.497 e. The van der Waals surface area contributed by atoms with Gasteiger partial charge >= 0.3 is 0 Å². The van der Waals surface area contributed by atoms with E-state index in [-0.39, 0.29) is 0 Å². The van der Waals surface area contributed by atoms with E-state index in [1.807, 2.05) is 18.2 Å². The molecule has 4 rings (SSSR count). The van der Waals surface area contributed by atoms with Crippen molar-refractivity contribution in [3.63, 3.8) is 0 Å². The van der Waals surface area contributed by atoms with Crippen molar-refractivity contribution < 1.29 is 4.74 Å². The summed E-state index contributed by atoms with van der Waals surface area (Å²) < 4.78 is 5.27. The quantitative estimate of drug-likeness (QED) is 0.432. The number of aromatic nitrogens is 1. The minimum atomic E-state index is 0.859. The van der Waals surface area contributed by atoms with Crippen LogP contribution in [-0.4, -0.2) is 12.1 Å². The van der Waals surface area contributed by atoms with Gasteiger partial charge in [0.1, 0.15) is 10.8 Å². The lowest BCUT2D eigenvalue weighted by Crippen LogP contribution is -1.88. The molecule has 0 N–H and O–H groups in total. The van der Waals surface area contributed by atoms with Crippen molar-refractivity contribution in [1.82, 2.24) is 4.98 Å². The smallest absolute Gasteiger partial charge is 0.124 e. The SMILES string of the molecule is COc1ccc(-c2nc(-c3ccccc3)c(Cc3ccccc3)s2)cc1. The first-order valence-electron chi connectivity index (χ1n) is 8.57. The molecule has 0 fully saturated rings. The zero-order chi connectivity index (χ0) is 17.8. The third-order valence-electron chi connectivity index (χ3n) is 4.29. The summed E-state index contributed by atoms with van der Waals surface area (Å²) in [4.78, 5) is 6.27. The number of nitrogens with zero attached hydrogens (tertiary/aromatic N) is 1. The molecule has 0 aliphatic heterocycles. The lowest BCUT2D eigenvalue weighted by Gasteiger charge is -2.02. The highest BCUT2D eigenvalue weighted by Gasteiger charge is 2.15. The molecule has 0 saturated carbocycles. The van der Waals surface area contributed by atoms with Gasteiger partial charge in [0, 0.05) is 22.4 Å². The van der Waals surface area contributed by atoms with Gasteiger partial charge in [-0.25, -0.2) is 4.98 Å². The van der Waals surface area contributed by atoms with Crippen molar-refractivity contribution in [3.05, 3.63) is 95.4 Å². The molecule has 3 aromatic carbocycles. The van der Waals surface area contributed by atoms with Crippen LogP contribution in [0.4, 0.5) is 0 Å². The summed E-state index contributed by atoms with van der Waals surface area (Å²) in [6, 6.07) is 29.1. The van der Waals surface area contributed by atoms with E-state index in [0.29, 0.717) is 0 Å². The molecular weight excluding hydrogens is 338 g/mol. The zero-order valence-corrected chi connectivity index (χ0v) is 15.4. The highest BCUT2D eigenvalue weighted by atomic mass is 32.1. The molecule has 0 atom stereocenters. The van der Waals surface area contributed by atoms with Crippen LogP contribution >= 0.6 is 11.3 Å². The van der Waals surface area contributed by atoms with E-state index >= 15 is 0 Å². The summed E-state index contributed by atoms with van der Waals surface area (Å²) >= 11 is 1.76. The average Bonchev–Trinajstić information content (AvgIpc) is 3.13. The first-order chi connectivity index (χ1) is 12.8. The third kappa shape index (κ3) is 3.53. The second kappa shape index (κ2) is 7.54. The zero-order valence-electron chi connectivity index (χ0n) is 14.6. The predicted octanol–water partition coefficient (Wildman–Crippen LogP) is 6.08. The Morgan fingerprint density at radius 3 is 2.08 bits per heavy atom. The van der Waals surface area contributed by atoms with E-state index in [9.17, 15) is 0 Å². The third-order valence-corrected chi connectivity index (χ3v) is 5.39. The van der Waals surface area contributed by atoms with Gasteiger partial charge in [-0.2, -0.15) is 0 Å². The Morgan fingerprint density at radius 1 is 0.769 bits per heavy atom. The Labute approximate surface area is 157 Å². The molecule has 1 heterocycles. The Kier molecular flexibility index (Phi) is 4.80. The summed E-state index contributed by atoms with van der Waals surface area (Å²) in [5.74, 6) is 0.859. The molecule has 0 amide bonds. The lowest BCUT2D eigenvalue weighted by molar-refractivity contribution is 0.415. The summed E-state index contributed by atoms with van der Waals surface area (Å²) in [5.41, 5.74) is 4.65. The van der Waals surface area contributed by atoms with Gasteiger partial charge in [-0.05, 0) is 29.8 Å². The maximum atomic E-state index is 5.27. The number of hydrogen-bond donors (Lipinski definition) is 0. The molecule has 0 unspecified atom stereocenters. The molecule has 0 aliphatic rings. The van der Waals surface area contributed by atoms with E-state index in [1.54, 1.807) is 18.4 Å². The molecule has 0 saturated heterocycles. The Morgan fingerprint density at radius 2 is 1.42 bits per heavy atom. The minimum Gasteiger partial charge on any atom is -0.497 e. The molecule has 0 spiro atoms. The van der Waals surface area contributed by atoms with Crippen LogP contribution < -0.4 is 4.74 Å². The molecule has 0 bridgehead atoms. The second-order valence-electron chi connectivity index (χ2n) is 6.05. The Bertz CT molecular complexity index is 976. The van der Waals surface area contributed by atoms with Gasteiger partial charge in [0.2, 0.25) is 0 Å². The molecule has 1 aromatic heterocycles. The Hall–Kier alpha value is -2.91. The number of thiazole rings is 1. The van der Waals surface area contributed by atoms with Crippen LogP contribution in [0.5, 0.6) is 5.75 Å². The fourth-order valence-electron chi connectivity index (χ4n) is 2.93. The monoisotopic (exact) mass is 357 g/mol. The number of ether oxygens (including phenoxy) is 1. The van der Waals surface area contributed by atoms with E-state index in [2.05, 4.69) is 66.7 Å². The maximum Gasteiger partial charge on any atom is 0.124 e. The van der Waals surface area contributed by atoms with Gasteiger partial charge in [-0.3, -0.25) is 0 Å². The van der Waals surface area contributed by atoms with Gasteiger partial charge in [0.25, 0.3) is 0 Å². The van der Waals surface area contributed by atoms with Crippen LogP contribution in [0, 0.1) is 0 Å². The van der Waals surface area contributed by atoms with Crippen molar-refractivity contribution in [3.8, 4) is 27.6 Å².